The maximum Gasteiger partial charge on any atom is 0.313 e. The van der Waals surface area contributed by atoms with Crippen molar-refractivity contribution in [3.05, 3.63) is 54.6 Å². The Balaban J connectivity index is 1.60. The van der Waals surface area contributed by atoms with E-state index in [2.05, 4.69) is 15.6 Å². The zero-order valence-electron chi connectivity index (χ0n) is 11.1. The first-order chi connectivity index (χ1) is 10.2. The summed E-state index contributed by atoms with van der Waals surface area (Å²) in [4.78, 5) is 26.5. The minimum absolute atomic E-state index is 0.176. The minimum atomic E-state index is -0.715. The van der Waals surface area contributed by atoms with Crippen LogP contribution in [0.3, 0.4) is 0 Å². The molecule has 2 amide bonds. The number of hydrogen-bond acceptors (Lipinski definition) is 3. The average Bonchev–Trinajstić information content (AvgIpc) is 3.15. The van der Waals surface area contributed by atoms with Gasteiger partial charge in [-0.3, -0.25) is 9.59 Å². The molecule has 0 radical (unpaired) electrons. The van der Waals surface area contributed by atoms with E-state index in [-0.39, 0.29) is 6.54 Å². The van der Waals surface area contributed by atoms with Crippen LogP contribution in [0.5, 0.6) is 0 Å². The van der Waals surface area contributed by atoms with Crippen LogP contribution < -0.4 is 10.6 Å². The lowest BCUT2D eigenvalue weighted by Crippen LogP contribution is -2.34. The number of H-pyrrole nitrogens is 1. The molecule has 2 heterocycles. The number of nitrogens with one attached hydrogen (secondary N) is 3. The van der Waals surface area contributed by atoms with Gasteiger partial charge in [0.15, 0.2) is 0 Å². The predicted octanol–water partition coefficient (Wildman–Crippen LogP) is 2.02. The third kappa shape index (κ3) is 2.94. The van der Waals surface area contributed by atoms with E-state index >= 15 is 0 Å². The average molecular weight is 283 g/mol. The van der Waals surface area contributed by atoms with E-state index in [1.54, 1.807) is 24.3 Å². The van der Waals surface area contributed by atoms with Gasteiger partial charge in [0.1, 0.15) is 5.76 Å². The number of furan rings is 1. The number of rotatable bonds is 3. The molecule has 0 atom stereocenters. The third-order valence-electron chi connectivity index (χ3n) is 3.02. The summed E-state index contributed by atoms with van der Waals surface area (Å²) in [6.45, 7) is 0.176. The fourth-order valence-electron chi connectivity index (χ4n) is 1.97. The monoisotopic (exact) mass is 283 g/mol. The highest BCUT2D eigenvalue weighted by Gasteiger charge is 2.14. The molecule has 0 unspecified atom stereocenters. The number of aromatic amines is 1. The number of aromatic nitrogens is 1. The highest BCUT2D eigenvalue weighted by molar-refractivity contribution is 6.39. The van der Waals surface area contributed by atoms with Crippen molar-refractivity contribution in [2.45, 2.75) is 6.54 Å². The first kappa shape index (κ1) is 13.0. The Bertz CT molecular complexity index is 774. The first-order valence-corrected chi connectivity index (χ1v) is 6.41. The van der Waals surface area contributed by atoms with Crippen LogP contribution in [-0.2, 0) is 16.1 Å². The number of carbonyl (C=O) groups is 2. The maximum atomic E-state index is 11.8. The van der Waals surface area contributed by atoms with Gasteiger partial charge in [0.25, 0.3) is 0 Å². The fourth-order valence-corrected chi connectivity index (χ4v) is 1.97. The predicted molar refractivity (Wildman–Crippen MR) is 77.5 cm³/mol. The molecule has 2 aromatic heterocycles. The van der Waals surface area contributed by atoms with Crippen LogP contribution in [0.15, 0.2) is 53.3 Å². The van der Waals surface area contributed by atoms with Crippen LogP contribution in [-0.4, -0.2) is 16.8 Å². The first-order valence-electron chi connectivity index (χ1n) is 6.41. The normalized spacial score (nSPS) is 10.5. The lowest BCUT2D eigenvalue weighted by atomic mass is 10.2. The van der Waals surface area contributed by atoms with Gasteiger partial charge in [0.2, 0.25) is 0 Å². The van der Waals surface area contributed by atoms with Crippen LogP contribution >= 0.6 is 0 Å². The van der Waals surface area contributed by atoms with Gasteiger partial charge in [0.05, 0.1) is 12.8 Å². The third-order valence-corrected chi connectivity index (χ3v) is 3.02. The molecule has 0 fully saturated rings. The molecule has 0 aliphatic carbocycles. The van der Waals surface area contributed by atoms with Crippen LogP contribution in [0.4, 0.5) is 5.69 Å². The second-order valence-corrected chi connectivity index (χ2v) is 4.50. The molecule has 3 N–H and O–H groups in total. The van der Waals surface area contributed by atoms with Crippen LogP contribution in [0.25, 0.3) is 10.9 Å². The summed E-state index contributed by atoms with van der Waals surface area (Å²) < 4.78 is 5.07. The number of hydrogen-bond donors (Lipinski definition) is 3. The Morgan fingerprint density at radius 1 is 1.14 bits per heavy atom. The van der Waals surface area contributed by atoms with Crippen LogP contribution in [0.2, 0.25) is 0 Å². The summed E-state index contributed by atoms with van der Waals surface area (Å²) in [6.07, 6.45) is 3.32. The van der Waals surface area contributed by atoms with E-state index in [0.717, 1.165) is 10.9 Å². The topological polar surface area (TPSA) is 87.1 Å². The molecular weight excluding hydrogens is 270 g/mol. The molecule has 0 aliphatic rings. The lowest BCUT2D eigenvalue weighted by molar-refractivity contribution is -0.136. The summed E-state index contributed by atoms with van der Waals surface area (Å²) >= 11 is 0. The Kier molecular flexibility index (Phi) is 3.42. The van der Waals surface area contributed by atoms with Gasteiger partial charge in [-0.2, -0.15) is 0 Å². The van der Waals surface area contributed by atoms with Crippen molar-refractivity contribution in [3.8, 4) is 0 Å². The van der Waals surface area contributed by atoms with Gasteiger partial charge >= 0.3 is 11.8 Å². The Morgan fingerprint density at radius 3 is 2.86 bits per heavy atom. The number of amides is 2. The summed E-state index contributed by atoms with van der Waals surface area (Å²) in [5, 5.41) is 6.07. The number of anilines is 1. The summed E-state index contributed by atoms with van der Waals surface area (Å²) in [7, 11) is 0. The molecule has 106 valence electrons. The van der Waals surface area contributed by atoms with E-state index in [0.29, 0.717) is 11.4 Å². The van der Waals surface area contributed by atoms with E-state index in [4.69, 9.17) is 4.42 Å². The fraction of sp³-hybridized carbons (Fsp3) is 0.0667. The molecule has 6 heteroatoms. The van der Waals surface area contributed by atoms with Crippen LogP contribution in [0.1, 0.15) is 5.76 Å². The van der Waals surface area contributed by atoms with Crippen molar-refractivity contribution in [3.63, 3.8) is 0 Å². The second-order valence-electron chi connectivity index (χ2n) is 4.50. The van der Waals surface area contributed by atoms with E-state index < -0.39 is 11.8 Å². The molecular formula is C15H13N3O3. The van der Waals surface area contributed by atoms with Crippen molar-refractivity contribution in [1.29, 1.82) is 0 Å². The number of carbonyl (C=O) groups excluding carboxylic acids is 2. The molecule has 3 rings (SSSR count). The molecule has 0 bridgehead atoms. The maximum absolute atomic E-state index is 11.8. The largest absolute Gasteiger partial charge is 0.467 e. The minimum Gasteiger partial charge on any atom is -0.467 e. The van der Waals surface area contributed by atoms with Crippen molar-refractivity contribution in [2.24, 2.45) is 0 Å². The van der Waals surface area contributed by atoms with E-state index in [9.17, 15) is 9.59 Å². The summed E-state index contributed by atoms with van der Waals surface area (Å²) in [5.41, 5.74) is 1.45. The Morgan fingerprint density at radius 2 is 2.05 bits per heavy atom. The Labute approximate surface area is 120 Å². The molecule has 21 heavy (non-hydrogen) atoms. The Hall–Kier alpha value is -3.02. The van der Waals surface area contributed by atoms with Crippen molar-refractivity contribution >= 4 is 28.4 Å². The molecule has 3 aromatic rings. The molecule has 1 aromatic carbocycles. The van der Waals surface area contributed by atoms with Crippen molar-refractivity contribution in [1.82, 2.24) is 10.3 Å². The van der Waals surface area contributed by atoms with Crippen molar-refractivity contribution < 1.29 is 14.0 Å². The SMILES string of the molecule is O=C(NCc1ccco1)C(=O)Nc1ccc2cc[nH]c2c1. The van der Waals surface area contributed by atoms with Gasteiger partial charge in [-0.1, -0.05) is 6.07 Å². The molecule has 0 aliphatic heterocycles. The zero-order valence-corrected chi connectivity index (χ0v) is 11.1. The van der Waals surface area contributed by atoms with Gasteiger partial charge in [-0.05, 0) is 35.7 Å². The van der Waals surface area contributed by atoms with Crippen LogP contribution in [0, 0.1) is 0 Å². The zero-order chi connectivity index (χ0) is 14.7. The molecule has 0 spiro atoms. The van der Waals surface area contributed by atoms with Gasteiger partial charge in [-0.25, -0.2) is 0 Å². The molecule has 6 nitrogen and oxygen atoms in total. The van der Waals surface area contributed by atoms with E-state index in [1.807, 2.05) is 18.3 Å². The number of benzene rings is 1. The highest BCUT2D eigenvalue weighted by Crippen LogP contribution is 2.17. The van der Waals surface area contributed by atoms with E-state index in [1.165, 1.54) is 6.26 Å². The smallest absolute Gasteiger partial charge is 0.313 e. The molecule has 0 saturated heterocycles. The summed E-state index contributed by atoms with van der Waals surface area (Å²) in [6, 6.07) is 10.7. The second kappa shape index (κ2) is 5.54. The van der Waals surface area contributed by atoms with Gasteiger partial charge in [0, 0.05) is 17.4 Å². The number of fused-ring (bicyclic) bond motifs is 1. The lowest BCUT2D eigenvalue weighted by Gasteiger charge is -2.05. The van der Waals surface area contributed by atoms with Gasteiger partial charge in [-0.15, -0.1) is 0 Å². The quantitative estimate of drug-likeness (QED) is 0.643. The molecule has 0 saturated carbocycles. The van der Waals surface area contributed by atoms with Crippen molar-refractivity contribution in [2.75, 3.05) is 5.32 Å². The highest BCUT2D eigenvalue weighted by atomic mass is 16.3. The standard InChI is InChI=1S/C15H13N3O3/c19-14(17-9-12-2-1-7-21-12)15(20)18-11-4-3-10-5-6-16-13(10)8-11/h1-8,16H,9H2,(H,17,19)(H,18,20). The summed E-state index contributed by atoms with van der Waals surface area (Å²) in [5.74, 6) is -0.839. The van der Waals surface area contributed by atoms with Gasteiger partial charge < -0.3 is 20.0 Å².